The van der Waals surface area contributed by atoms with Gasteiger partial charge in [-0.25, -0.2) is 0 Å². The molecular weight excluding hydrogens is 252 g/mol. The lowest BCUT2D eigenvalue weighted by Gasteiger charge is -2.10. The van der Waals surface area contributed by atoms with Gasteiger partial charge < -0.3 is 48.6 Å². The Morgan fingerprint density at radius 2 is 1.18 bits per heavy atom. The average molecular weight is 279 g/mol. The van der Waals surface area contributed by atoms with Crippen molar-refractivity contribution in [3.63, 3.8) is 0 Å². The molecule has 0 rings (SSSR count). The second-order valence-electron chi connectivity index (χ2n) is 3.71. The molecule has 0 aliphatic rings. The first-order valence-corrected chi connectivity index (χ1v) is 4.86. The van der Waals surface area contributed by atoms with Crippen LogP contribution in [0.4, 0.5) is 0 Å². The van der Waals surface area contributed by atoms with Crippen LogP contribution in [0.1, 0.15) is 0 Å². The lowest BCUT2D eigenvalue weighted by molar-refractivity contribution is -0.836. The lowest BCUT2D eigenvalue weighted by Crippen LogP contribution is -3.02. The number of aliphatic hydroxyl groups is 4. The molecular formula is C9H27ClN2O5. The Balaban J connectivity index is -0.000000123. The third-order valence-corrected chi connectivity index (χ3v) is 1.04. The smallest absolute Gasteiger partial charge is 0.100 e. The Hall–Kier alpha value is 0.01000. The van der Waals surface area contributed by atoms with Gasteiger partial charge in [0.25, 0.3) is 0 Å². The normalized spacial score (nSPS) is 12.7. The zero-order chi connectivity index (χ0) is 12.3. The van der Waals surface area contributed by atoms with Crippen LogP contribution in [0.3, 0.4) is 0 Å². The Morgan fingerprint density at radius 3 is 1.35 bits per heavy atom. The van der Waals surface area contributed by atoms with Gasteiger partial charge in [-0.2, -0.15) is 0 Å². The van der Waals surface area contributed by atoms with Gasteiger partial charge in [0.1, 0.15) is 12.2 Å². The number of ether oxygens (including phenoxy) is 1. The van der Waals surface area contributed by atoms with Crippen LogP contribution < -0.4 is 23.5 Å². The fourth-order valence-electron chi connectivity index (χ4n) is 0.446. The molecule has 2 atom stereocenters. The van der Waals surface area contributed by atoms with Crippen LogP contribution in [0.2, 0.25) is 0 Å². The molecule has 0 spiro atoms. The van der Waals surface area contributed by atoms with Crippen LogP contribution in [0, 0.1) is 0 Å². The summed E-state index contributed by atoms with van der Waals surface area (Å²) in [7, 11) is 6.25. The molecule has 0 radical (unpaired) electrons. The predicted octanol–water partition coefficient (Wildman–Crippen LogP) is -6.36. The van der Waals surface area contributed by atoms with Gasteiger partial charge in [-0.3, -0.25) is 0 Å². The first-order chi connectivity index (χ1) is 6.93. The summed E-state index contributed by atoms with van der Waals surface area (Å²) in [4.78, 5) is 1.42. The molecule has 7 nitrogen and oxygen atoms in total. The van der Waals surface area contributed by atoms with Gasteiger partial charge in [-0.05, 0) is 0 Å². The molecule has 0 aromatic heterocycles. The summed E-state index contributed by atoms with van der Waals surface area (Å²) in [5.74, 6) is 0. The zero-order valence-electron chi connectivity index (χ0n) is 10.8. The first-order valence-electron chi connectivity index (χ1n) is 4.86. The quantitative estimate of drug-likeness (QED) is 0.287. The summed E-state index contributed by atoms with van der Waals surface area (Å²) >= 11 is 0. The maximum absolute atomic E-state index is 8.72. The van der Waals surface area contributed by atoms with E-state index < -0.39 is 12.2 Å². The van der Waals surface area contributed by atoms with Crippen LogP contribution in [0.5, 0.6) is 0 Å². The number of hydrogen-bond donors (Lipinski definition) is 6. The van der Waals surface area contributed by atoms with E-state index >= 15 is 0 Å². The number of rotatable bonds is 6. The summed E-state index contributed by atoms with van der Waals surface area (Å²) in [5.41, 5.74) is 0. The number of aliphatic hydroxyl groups excluding tert-OH is 4. The molecule has 0 fully saturated rings. The van der Waals surface area contributed by atoms with Crippen molar-refractivity contribution >= 4 is 0 Å². The van der Waals surface area contributed by atoms with Crippen molar-refractivity contribution in [1.82, 2.24) is 6.15 Å². The molecule has 110 valence electrons. The summed E-state index contributed by atoms with van der Waals surface area (Å²) in [6, 6.07) is 0. The molecule has 8 N–H and O–H groups in total. The molecule has 17 heavy (non-hydrogen) atoms. The van der Waals surface area contributed by atoms with Crippen molar-refractivity contribution in [3.05, 3.63) is 0 Å². The largest absolute Gasteiger partial charge is 1.00 e. The molecule has 0 aliphatic carbocycles. The Kier molecular flexibility index (Phi) is 27.8. The standard InChI is InChI=1S/C6H14O5.C3H9N.ClH.H3N/c7-1-5(9)3-11-4-6(10)2-8;1-4(2)3;;/h5-10H,1-4H2;1-3H3;1H;1H3. The van der Waals surface area contributed by atoms with Crippen LogP contribution in [-0.4, -0.2) is 80.2 Å². The Bertz CT molecular complexity index is 119. The van der Waals surface area contributed by atoms with Crippen LogP contribution in [-0.2, 0) is 4.74 Å². The summed E-state index contributed by atoms with van der Waals surface area (Å²) in [6.45, 7) is -0.800. The minimum Gasteiger partial charge on any atom is -1.00 e. The number of hydrogen-bond acceptors (Lipinski definition) is 6. The number of halogens is 1. The maximum Gasteiger partial charge on any atom is 0.100 e. The maximum atomic E-state index is 8.72. The average Bonchev–Trinajstić information content (AvgIpc) is 2.16. The third-order valence-electron chi connectivity index (χ3n) is 1.04. The first kappa shape index (κ1) is 25.8. The highest BCUT2D eigenvalue weighted by atomic mass is 35.5. The van der Waals surface area contributed by atoms with Crippen molar-refractivity contribution in [2.75, 3.05) is 47.6 Å². The molecule has 0 saturated carbocycles. The van der Waals surface area contributed by atoms with Crippen molar-refractivity contribution in [3.8, 4) is 0 Å². The fraction of sp³-hybridized carbons (Fsp3) is 1.00. The molecule has 0 amide bonds. The van der Waals surface area contributed by atoms with E-state index in [1.165, 1.54) is 4.90 Å². The van der Waals surface area contributed by atoms with Crippen molar-refractivity contribution in [1.29, 1.82) is 0 Å². The molecule has 0 heterocycles. The van der Waals surface area contributed by atoms with Gasteiger partial charge in [-0.1, -0.05) is 0 Å². The third kappa shape index (κ3) is 31.4. The van der Waals surface area contributed by atoms with Gasteiger partial charge >= 0.3 is 0 Å². The molecule has 0 aliphatic heterocycles. The van der Waals surface area contributed by atoms with E-state index in [1.54, 1.807) is 0 Å². The van der Waals surface area contributed by atoms with Gasteiger partial charge in [0.15, 0.2) is 0 Å². The number of quaternary nitrogens is 1. The van der Waals surface area contributed by atoms with E-state index in [1.807, 2.05) is 0 Å². The topological polar surface area (TPSA) is 130 Å². The van der Waals surface area contributed by atoms with E-state index in [-0.39, 0.29) is 45.0 Å². The van der Waals surface area contributed by atoms with Crippen molar-refractivity contribution in [2.24, 2.45) is 0 Å². The van der Waals surface area contributed by atoms with Gasteiger partial charge in [0.2, 0.25) is 0 Å². The monoisotopic (exact) mass is 278 g/mol. The SMILES string of the molecule is C[NH+](C)C.N.OCC(O)COCC(O)CO.[Cl-]. The summed E-state index contributed by atoms with van der Waals surface area (Å²) in [6.07, 6.45) is -1.83. The minimum absolute atomic E-state index is 0. The fourth-order valence-corrected chi connectivity index (χ4v) is 0.446. The van der Waals surface area contributed by atoms with Crippen LogP contribution >= 0.6 is 0 Å². The van der Waals surface area contributed by atoms with Gasteiger partial charge in [-0.15, -0.1) is 0 Å². The van der Waals surface area contributed by atoms with Crippen molar-refractivity contribution in [2.45, 2.75) is 12.2 Å². The second-order valence-corrected chi connectivity index (χ2v) is 3.71. The Labute approximate surface area is 109 Å². The predicted molar refractivity (Wildman–Crippen MR) is 60.8 cm³/mol. The molecule has 0 saturated heterocycles. The highest BCUT2D eigenvalue weighted by molar-refractivity contribution is 4.52. The van der Waals surface area contributed by atoms with E-state index in [9.17, 15) is 0 Å². The van der Waals surface area contributed by atoms with Crippen LogP contribution in [0.25, 0.3) is 0 Å². The summed E-state index contributed by atoms with van der Waals surface area (Å²) in [5, 5.41) is 34.1. The Morgan fingerprint density at radius 1 is 0.941 bits per heavy atom. The molecule has 0 aromatic carbocycles. The van der Waals surface area contributed by atoms with Gasteiger partial charge in [0, 0.05) is 0 Å². The van der Waals surface area contributed by atoms with E-state index in [0.717, 1.165) is 0 Å². The molecule has 8 heteroatoms. The van der Waals surface area contributed by atoms with Crippen molar-refractivity contribution < 1.29 is 42.5 Å². The molecule has 0 aromatic rings. The zero-order valence-corrected chi connectivity index (χ0v) is 11.5. The minimum atomic E-state index is -0.916. The second kappa shape index (κ2) is 18.4. The lowest BCUT2D eigenvalue weighted by atomic mass is 10.4. The number of nitrogens with one attached hydrogen (secondary N) is 1. The summed E-state index contributed by atoms with van der Waals surface area (Å²) < 4.78 is 4.72. The highest BCUT2D eigenvalue weighted by Gasteiger charge is 2.04. The van der Waals surface area contributed by atoms with E-state index in [0.29, 0.717) is 0 Å². The molecule has 0 bridgehead atoms. The van der Waals surface area contributed by atoms with E-state index in [4.69, 9.17) is 25.2 Å². The van der Waals surface area contributed by atoms with E-state index in [2.05, 4.69) is 21.1 Å². The highest BCUT2D eigenvalue weighted by Crippen LogP contribution is 1.87. The van der Waals surface area contributed by atoms with Crippen LogP contribution in [0.15, 0.2) is 0 Å². The van der Waals surface area contributed by atoms with Gasteiger partial charge in [0.05, 0.1) is 47.6 Å². The molecule has 2 unspecified atom stereocenters.